The molecule has 2 aromatic rings. The molecule has 1 heterocycles. The van der Waals surface area contributed by atoms with E-state index in [2.05, 4.69) is 10.6 Å². The highest BCUT2D eigenvalue weighted by molar-refractivity contribution is 7.99. The number of Topliss-reactive ketones (excluding diaryl/α,β-unsaturated/α-hetero) is 1. The first-order valence-corrected chi connectivity index (χ1v) is 9.83. The van der Waals surface area contributed by atoms with Gasteiger partial charge in [0.2, 0.25) is 0 Å². The van der Waals surface area contributed by atoms with Crippen LogP contribution in [0.5, 0.6) is 0 Å². The molecule has 2 fully saturated rings. The Morgan fingerprint density at radius 3 is 2.08 bits per heavy atom. The van der Waals surface area contributed by atoms with Crippen molar-refractivity contribution < 1.29 is 9.59 Å². The zero-order valence-electron chi connectivity index (χ0n) is 14.7. The molecule has 1 amide bonds. The number of amides is 1. The molecule has 1 saturated carbocycles. The molecule has 0 radical (unpaired) electrons. The van der Waals surface area contributed by atoms with E-state index in [-0.39, 0.29) is 11.7 Å². The summed E-state index contributed by atoms with van der Waals surface area (Å²) in [6, 6.07) is 16.2. The predicted octanol–water partition coefficient (Wildman–Crippen LogP) is 3.52. The van der Waals surface area contributed by atoms with Crippen molar-refractivity contribution in [3.63, 3.8) is 0 Å². The second-order valence-corrected chi connectivity index (χ2v) is 8.27. The van der Waals surface area contributed by atoms with Gasteiger partial charge in [-0.3, -0.25) is 9.59 Å². The highest BCUT2D eigenvalue weighted by Crippen LogP contribution is 2.32. The molecular weight excluding hydrogens is 344 g/mol. The normalized spacial score (nSPS) is 23.8. The number of rotatable bonds is 5. The number of ketones is 1. The fourth-order valence-corrected chi connectivity index (χ4v) is 4.65. The second kappa shape index (κ2) is 7.25. The first-order chi connectivity index (χ1) is 12.6. The van der Waals surface area contributed by atoms with Crippen molar-refractivity contribution in [1.82, 2.24) is 10.6 Å². The van der Waals surface area contributed by atoms with E-state index >= 15 is 0 Å². The van der Waals surface area contributed by atoms with E-state index < -0.39 is 0 Å². The third-order valence-corrected chi connectivity index (χ3v) is 6.31. The van der Waals surface area contributed by atoms with Crippen molar-refractivity contribution in [1.29, 1.82) is 0 Å². The minimum absolute atomic E-state index is 0.0184. The molecule has 5 heteroatoms. The van der Waals surface area contributed by atoms with Crippen LogP contribution in [0.25, 0.3) is 0 Å². The molecule has 4 rings (SSSR count). The van der Waals surface area contributed by atoms with Crippen LogP contribution in [0.1, 0.15) is 40.5 Å². The molecule has 1 aliphatic carbocycles. The molecule has 2 aliphatic rings. The standard InChI is InChI=1S/C21H22N2O2S/c1-13(24)14-2-6-18(7-3-14)26-19-8-4-15(5-9-19)21(25)23-20-11-17-10-16(20)12-22-17/h2-9,16-17,20,22H,10-12H2,1H3,(H,23,25). The van der Waals surface area contributed by atoms with Crippen molar-refractivity contribution in [2.75, 3.05) is 6.54 Å². The Balaban J connectivity index is 1.37. The molecule has 3 unspecified atom stereocenters. The van der Waals surface area contributed by atoms with Crippen LogP contribution in [0.15, 0.2) is 58.3 Å². The molecule has 0 spiro atoms. The third-order valence-electron chi connectivity index (χ3n) is 5.29. The average molecular weight is 366 g/mol. The van der Waals surface area contributed by atoms with Crippen molar-refractivity contribution in [3.05, 3.63) is 59.7 Å². The summed E-state index contributed by atoms with van der Waals surface area (Å²) in [7, 11) is 0. The first kappa shape index (κ1) is 17.3. The molecule has 1 saturated heterocycles. The van der Waals surface area contributed by atoms with Crippen LogP contribution >= 0.6 is 11.8 Å². The molecule has 134 valence electrons. The maximum Gasteiger partial charge on any atom is 0.251 e. The molecule has 2 aromatic carbocycles. The molecule has 2 N–H and O–H groups in total. The van der Waals surface area contributed by atoms with Gasteiger partial charge in [-0.05, 0) is 62.1 Å². The average Bonchev–Trinajstić information content (AvgIpc) is 3.26. The van der Waals surface area contributed by atoms with Crippen molar-refractivity contribution >= 4 is 23.5 Å². The van der Waals surface area contributed by atoms with E-state index in [4.69, 9.17) is 0 Å². The fraction of sp³-hybridized carbons (Fsp3) is 0.333. The summed E-state index contributed by atoms with van der Waals surface area (Å²) >= 11 is 1.62. The van der Waals surface area contributed by atoms with E-state index in [1.807, 2.05) is 48.5 Å². The lowest BCUT2D eigenvalue weighted by Gasteiger charge is -2.23. The Labute approximate surface area is 157 Å². The number of benzene rings is 2. The van der Waals surface area contributed by atoms with Gasteiger partial charge in [0.25, 0.3) is 5.91 Å². The lowest BCUT2D eigenvalue weighted by atomic mass is 10.0. The van der Waals surface area contributed by atoms with Crippen molar-refractivity contribution in [2.24, 2.45) is 5.92 Å². The fourth-order valence-electron chi connectivity index (χ4n) is 3.83. The van der Waals surface area contributed by atoms with Crippen LogP contribution in [-0.4, -0.2) is 30.3 Å². The maximum atomic E-state index is 12.5. The van der Waals surface area contributed by atoms with E-state index in [0.29, 0.717) is 23.6 Å². The molecule has 1 aliphatic heterocycles. The van der Waals surface area contributed by atoms with Gasteiger partial charge in [0.1, 0.15) is 0 Å². The minimum atomic E-state index is 0.0184. The number of carbonyl (C=O) groups is 2. The summed E-state index contributed by atoms with van der Waals surface area (Å²) in [6.45, 7) is 2.59. The summed E-state index contributed by atoms with van der Waals surface area (Å²) < 4.78 is 0. The Hall–Kier alpha value is -2.11. The largest absolute Gasteiger partial charge is 0.349 e. The SMILES string of the molecule is CC(=O)c1ccc(Sc2ccc(C(=O)NC3CC4CC3CN4)cc2)cc1. The lowest BCUT2D eigenvalue weighted by molar-refractivity contribution is 0.0924. The van der Waals surface area contributed by atoms with Crippen LogP contribution in [0.2, 0.25) is 0 Å². The van der Waals surface area contributed by atoms with Crippen LogP contribution in [0.4, 0.5) is 0 Å². The van der Waals surface area contributed by atoms with Gasteiger partial charge in [-0.2, -0.15) is 0 Å². The summed E-state index contributed by atoms with van der Waals surface area (Å²) in [5.74, 6) is 0.671. The van der Waals surface area contributed by atoms with Crippen LogP contribution in [-0.2, 0) is 0 Å². The first-order valence-electron chi connectivity index (χ1n) is 9.01. The maximum absolute atomic E-state index is 12.5. The number of carbonyl (C=O) groups excluding carboxylic acids is 2. The van der Waals surface area contributed by atoms with Gasteiger partial charge in [-0.1, -0.05) is 23.9 Å². The summed E-state index contributed by atoms with van der Waals surface area (Å²) in [6.07, 6.45) is 2.23. The number of piperidine rings is 1. The number of fused-ring (bicyclic) bond motifs is 2. The van der Waals surface area contributed by atoms with Gasteiger partial charge >= 0.3 is 0 Å². The Bertz CT molecular complexity index is 817. The van der Waals surface area contributed by atoms with Crippen LogP contribution < -0.4 is 10.6 Å². The van der Waals surface area contributed by atoms with E-state index in [9.17, 15) is 9.59 Å². The molecule has 4 nitrogen and oxygen atoms in total. The summed E-state index contributed by atoms with van der Waals surface area (Å²) in [4.78, 5) is 26.0. The number of nitrogens with one attached hydrogen (secondary N) is 2. The van der Waals surface area contributed by atoms with Gasteiger partial charge in [-0.15, -0.1) is 0 Å². The number of hydrogen-bond acceptors (Lipinski definition) is 4. The number of hydrogen-bond donors (Lipinski definition) is 2. The second-order valence-electron chi connectivity index (χ2n) is 7.12. The van der Waals surface area contributed by atoms with Gasteiger partial charge in [0, 0.05) is 39.5 Å². The summed E-state index contributed by atoms with van der Waals surface area (Å²) in [5.41, 5.74) is 1.43. The Morgan fingerprint density at radius 1 is 0.962 bits per heavy atom. The third kappa shape index (κ3) is 3.69. The van der Waals surface area contributed by atoms with Gasteiger partial charge in [0.05, 0.1) is 0 Å². The quantitative estimate of drug-likeness (QED) is 0.795. The van der Waals surface area contributed by atoms with E-state index in [1.165, 1.54) is 6.42 Å². The van der Waals surface area contributed by atoms with Crippen molar-refractivity contribution in [3.8, 4) is 0 Å². The smallest absolute Gasteiger partial charge is 0.251 e. The Kier molecular flexibility index (Phi) is 4.83. The van der Waals surface area contributed by atoms with Crippen LogP contribution in [0, 0.1) is 5.92 Å². The van der Waals surface area contributed by atoms with Gasteiger partial charge < -0.3 is 10.6 Å². The molecule has 26 heavy (non-hydrogen) atoms. The monoisotopic (exact) mass is 366 g/mol. The van der Waals surface area contributed by atoms with Crippen molar-refractivity contribution in [2.45, 2.75) is 41.6 Å². The highest BCUT2D eigenvalue weighted by atomic mass is 32.2. The highest BCUT2D eigenvalue weighted by Gasteiger charge is 2.40. The van der Waals surface area contributed by atoms with Gasteiger partial charge in [0.15, 0.2) is 5.78 Å². The minimum Gasteiger partial charge on any atom is -0.349 e. The zero-order valence-corrected chi connectivity index (χ0v) is 15.5. The molecule has 2 bridgehead atoms. The van der Waals surface area contributed by atoms with E-state index in [1.54, 1.807) is 18.7 Å². The summed E-state index contributed by atoms with van der Waals surface area (Å²) in [5, 5.41) is 6.66. The molecule has 0 aromatic heterocycles. The predicted molar refractivity (Wildman–Crippen MR) is 103 cm³/mol. The topological polar surface area (TPSA) is 58.2 Å². The van der Waals surface area contributed by atoms with Gasteiger partial charge in [-0.25, -0.2) is 0 Å². The van der Waals surface area contributed by atoms with E-state index in [0.717, 1.165) is 28.3 Å². The molecule has 3 atom stereocenters. The lowest BCUT2D eigenvalue weighted by Crippen LogP contribution is -2.44. The molecular formula is C21H22N2O2S. The zero-order chi connectivity index (χ0) is 18.1. The van der Waals surface area contributed by atoms with Crippen LogP contribution in [0.3, 0.4) is 0 Å². The Morgan fingerprint density at radius 2 is 1.58 bits per heavy atom.